The van der Waals surface area contributed by atoms with Gasteiger partial charge in [-0.15, -0.1) is 0 Å². The van der Waals surface area contributed by atoms with E-state index < -0.39 is 16.4 Å². The number of amides is 1. The highest BCUT2D eigenvalue weighted by molar-refractivity contribution is 7.84. The zero-order valence-electron chi connectivity index (χ0n) is 14.4. The first-order chi connectivity index (χ1) is 10.7. The molecule has 0 N–H and O–H groups in total. The van der Waals surface area contributed by atoms with Gasteiger partial charge in [-0.25, -0.2) is 9.78 Å². The van der Waals surface area contributed by atoms with Gasteiger partial charge in [0.15, 0.2) is 0 Å². The first kappa shape index (κ1) is 17.9. The van der Waals surface area contributed by atoms with Gasteiger partial charge < -0.3 is 9.64 Å². The molecule has 1 aromatic rings. The Hall–Kier alpha value is -1.43. The van der Waals surface area contributed by atoms with E-state index in [0.717, 1.165) is 18.4 Å². The van der Waals surface area contributed by atoms with Crippen LogP contribution < -0.4 is 0 Å². The zero-order valence-corrected chi connectivity index (χ0v) is 15.2. The molecule has 23 heavy (non-hydrogen) atoms. The third-order valence-electron chi connectivity index (χ3n) is 3.78. The number of nitrogens with zero attached hydrogens (tertiary/aromatic N) is 2. The lowest BCUT2D eigenvalue weighted by Crippen LogP contribution is -2.42. The Morgan fingerprint density at radius 3 is 2.61 bits per heavy atom. The summed E-state index contributed by atoms with van der Waals surface area (Å²) in [6.45, 7) is 8.92. The fourth-order valence-corrected chi connectivity index (χ4v) is 3.97. The van der Waals surface area contributed by atoms with Crippen LogP contribution in [0.1, 0.15) is 39.2 Å². The predicted octanol–water partition coefficient (Wildman–Crippen LogP) is 3.14. The molecule has 2 rings (SSSR count). The van der Waals surface area contributed by atoms with Crippen LogP contribution in [0.2, 0.25) is 0 Å². The number of likely N-dealkylation sites (tertiary alicyclic amines) is 1. The highest BCUT2D eigenvalue weighted by Crippen LogP contribution is 2.22. The first-order valence-electron chi connectivity index (χ1n) is 8.03. The van der Waals surface area contributed by atoms with E-state index in [1.165, 1.54) is 0 Å². The van der Waals surface area contributed by atoms with Gasteiger partial charge in [0.25, 0.3) is 0 Å². The van der Waals surface area contributed by atoms with Crippen LogP contribution >= 0.6 is 0 Å². The molecule has 1 amide bonds. The molecule has 2 heterocycles. The summed E-state index contributed by atoms with van der Waals surface area (Å²) in [7, 11) is -1.07. The van der Waals surface area contributed by atoms with Gasteiger partial charge >= 0.3 is 6.09 Å². The van der Waals surface area contributed by atoms with Gasteiger partial charge in [-0.1, -0.05) is 0 Å². The lowest BCUT2D eigenvalue weighted by molar-refractivity contribution is 0.0191. The second-order valence-electron chi connectivity index (χ2n) is 7.09. The molecule has 0 unspecified atom stereocenters. The van der Waals surface area contributed by atoms with Crippen LogP contribution in [0.4, 0.5) is 4.79 Å². The molecular weight excluding hydrogens is 312 g/mol. The quantitative estimate of drug-likeness (QED) is 0.849. The van der Waals surface area contributed by atoms with Gasteiger partial charge in [-0.05, 0) is 64.2 Å². The lowest BCUT2D eigenvalue weighted by Gasteiger charge is -2.33. The number of carbonyl (C=O) groups excluding carboxylic acids is 1. The molecule has 1 aliphatic heterocycles. The van der Waals surface area contributed by atoms with E-state index in [4.69, 9.17) is 4.74 Å². The monoisotopic (exact) mass is 338 g/mol. The molecule has 0 saturated carbocycles. The first-order valence-corrected chi connectivity index (χ1v) is 9.35. The van der Waals surface area contributed by atoms with E-state index in [2.05, 4.69) is 4.98 Å². The third kappa shape index (κ3) is 5.61. The van der Waals surface area contributed by atoms with Gasteiger partial charge in [-0.2, -0.15) is 0 Å². The van der Waals surface area contributed by atoms with Crippen molar-refractivity contribution in [1.29, 1.82) is 0 Å². The minimum absolute atomic E-state index is 0.252. The van der Waals surface area contributed by atoms with Crippen molar-refractivity contribution in [2.45, 2.75) is 51.2 Å². The number of hydrogen-bond acceptors (Lipinski definition) is 4. The summed E-state index contributed by atoms with van der Waals surface area (Å²) in [5.74, 6) is 0.968. The number of hydrogen-bond donors (Lipinski definition) is 0. The van der Waals surface area contributed by atoms with Gasteiger partial charge in [0.2, 0.25) is 0 Å². The van der Waals surface area contributed by atoms with Crippen LogP contribution in [0.15, 0.2) is 23.4 Å². The van der Waals surface area contributed by atoms with Crippen molar-refractivity contribution < 1.29 is 13.7 Å². The van der Waals surface area contributed by atoms with Crippen LogP contribution in [0.5, 0.6) is 0 Å². The Bertz CT molecular complexity index is 575. The topological polar surface area (TPSA) is 59.5 Å². The molecule has 1 aliphatic rings. The maximum atomic E-state index is 12.4. The summed E-state index contributed by atoms with van der Waals surface area (Å²) in [4.78, 5) is 18.0. The minimum atomic E-state index is -1.07. The molecular formula is C17H26N2O3S. The van der Waals surface area contributed by atoms with Crippen molar-refractivity contribution >= 4 is 16.9 Å². The minimum Gasteiger partial charge on any atom is -0.444 e. The molecule has 0 aliphatic carbocycles. The molecule has 1 aromatic heterocycles. The average Bonchev–Trinajstić information content (AvgIpc) is 2.46. The summed E-state index contributed by atoms with van der Waals surface area (Å²) in [5, 5.41) is 0.652. The van der Waals surface area contributed by atoms with E-state index >= 15 is 0 Å². The maximum absolute atomic E-state index is 12.4. The third-order valence-corrected chi connectivity index (χ3v) is 5.24. The van der Waals surface area contributed by atoms with Crippen LogP contribution in [-0.4, -0.2) is 44.6 Å². The summed E-state index contributed by atoms with van der Waals surface area (Å²) in [6, 6.07) is 3.78. The van der Waals surface area contributed by atoms with Crippen LogP contribution in [0, 0.1) is 12.8 Å². The Labute approximate surface area is 140 Å². The van der Waals surface area contributed by atoms with E-state index in [-0.39, 0.29) is 6.09 Å². The molecule has 0 radical (unpaired) electrons. The average molecular weight is 338 g/mol. The summed E-state index contributed by atoms with van der Waals surface area (Å²) >= 11 is 0. The fourth-order valence-electron chi connectivity index (χ4n) is 2.54. The van der Waals surface area contributed by atoms with Gasteiger partial charge in [-0.3, -0.25) is 4.21 Å². The highest BCUT2D eigenvalue weighted by Gasteiger charge is 2.27. The SMILES string of the molecule is Cc1ccnc([S@](=O)CC2CCN(C(=O)OC(C)(C)C)CC2)c1. The number of pyridine rings is 1. The van der Waals surface area contributed by atoms with E-state index in [1.807, 2.05) is 39.8 Å². The Morgan fingerprint density at radius 2 is 2.04 bits per heavy atom. The summed E-state index contributed by atoms with van der Waals surface area (Å²) < 4.78 is 17.8. The molecule has 0 aromatic carbocycles. The molecule has 5 nitrogen and oxygen atoms in total. The highest BCUT2D eigenvalue weighted by atomic mass is 32.2. The van der Waals surface area contributed by atoms with Crippen LogP contribution in [-0.2, 0) is 15.5 Å². The Kier molecular flexibility index (Phi) is 5.79. The molecule has 1 saturated heterocycles. The van der Waals surface area contributed by atoms with Crippen molar-refractivity contribution in [3.8, 4) is 0 Å². The molecule has 6 heteroatoms. The zero-order chi connectivity index (χ0) is 17.0. The Morgan fingerprint density at radius 1 is 1.39 bits per heavy atom. The van der Waals surface area contributed by atoms with Gasteiger partial charge in [0.05, 0.1) is 10.8 Å². The lowest BCUT2D eigenvalue weighted by atomic mass is 9.99. The normalized spacial score (nSPS) is 17.8. The predicted molar refractivity (Wildman–Crippen MR) is 90.8 cm³/mol. The number of ether oxygens (including phenoxy) is 1. The van der Waals surface area contributed by atoms with E-state index in [1.54, 1.807) is 11.1 Å². The van der Waals surface area contributed by atoms with Gasteiger partial charge in [0, 0.05) is 25.0 Å². The van der Waals surface area contributed by atoms with E-state index in [9.17, 15) is 9.00 Å². The Balaban J connectivity index is 1.83. The second kappa shape index (κ2) is 7.43. The maximum Gasteiger partial charge on any atom is 0.410 e. The number of aromatic nitrogens is 1. The van der Waals surface area contributed by atoms with Crippen molar-refractivity contribution in [1.82, 2.24) is 9.88 Å². The number of piperidine rings is 1. The number of aryl methyl sites for hydroxylation is 1. The van der Waals surface area contributed by atoms with Crippen molar-refractivity contribution in [2.75, 3.05) is 18.8 Å². The van der Waals surface area contributed by atoms with Crippen molar-refractivity contribution in [3.63, 3.8) is 0 Å². The smallest absolute Gasteiger partial charge is 0.410 e. The summed E-state index contributed by atoms with van der Waals surface area (Å²) in [5.41, 5.74) is 0.606. The largest absolute Gasteiger partial charge is 0.444 e. The summed E-state index contributed by atoms with van der Waals surface area (Å²) in [6.07, 6.45) is 3.17. The number of rotatable bonds is 3. The van der Waals surface area contributed by atoms with Crippen molar-refractivity contribution in [2.24, 2.45) is 5.92 Å². The molecule has 0 spiro atoms. The molecule has 1 fully saturated rings. The standard InChI is InChI=1S/C17H26N2O3S/c1-13-5-8-18-15(11-13)23(21)12-14-6-9-19(10-7-14)16(20)22-17(2,3)4/h5,8,11,14H,6-7,9-10,12H2,1-4H3/t23-/m1/s1. The molecule has 0 bridgehead atoms. The van der Waals surface area contributed by atoms with E-state index in [0.29, 0.717) is 29.8 Å². The molecule has 1 atom stereocenters. The van der Waals surface area contributed by atoms with Gasteiger partial charge in [0.1, 0.15) is 10.6 Å². The van der Waals surface area contributed by atoms with Crippen molar-refractivity contribution in [3.05, 3.63) is 23.9 Å². The second-order valence-corrected chi connectivity index (χ2v) is 8.54. The van der Waals surface area contributed by atoms with Crippen LogP contribution in [0.25, 0.3) is 0 Å². The number of carbonyl (C=O) groups is 1. The fraction of sp³-hybridized carbons (Fsp3) is 0.647. The van der Waals surface area contributed by atoms with Crippen LogP contribution in [0.3, 0.4) is 0 Å². The molecule has 128 valence electrons.